The fourth-order valence-corrected chi connectivity index (χ4v) is 6.53. The topological polar surface area (TPSA) is 78.0 Å². The van der Waals surface area contributed by atoms with Crippen LogP contribution in [0.5, 0.6) is 0 Å². The van der Waals surface area contributed by atoms with Gasteiger partial charge in [0.1, 0.15) is 6.54 Å². The SMILES string of the molecule is C[C@H]1CSc2ccc(S(=O)(=O)N3CCCC3)cc2N(CC(=O)N(C)c2ccccc2)C1=O. The van der Waals surface area contributed by atoms with Gasteiger partial charge < -0.3 is 9.80 Å². The summed E-state index contributed by atoms with van der Waals surface area (Å²) in [5, 5.41) is 0. The number of anilines is 2. The molecule has 170 valence electrons. The second kappa shape index (κ2) is 9.25. The number of hydrogen-bond acceptors (Lipinski definition) is 5. The van der Waals surface area contributed by atoms with E-state index in [1.165, 1.54) is 25.9 Å². The number of amides is 2. The zero-order valence-corrected chi connectivity index (χ0v) is 19.9. The first-order valence-electron chi connectivity index (χ1n) is 10.7. The molecule has 2 heterocycles. The van der Waals surface area contributed by atoms with Crippen LogP contribution in [0.2, 0.25) is 0 Å². The van der Waals surface area contributed by atoms with Gasteiger partial charge in [0.25, 0.3) is 0 Å². The van der Waals surface area contributed by atoms with Crippen LogP contribution in [-0.4, -0.2) is 57.0 Å². The Morgan fingerprint density at radius 1 is 1.12 bits per heavy atom. The van der Waals surface area contributed by atoms with E-state index >= 15 is 0 Å². The van der Waals surface area contributed by atoms with Crippen LogP contribution >= 0.6 is 11.8 Å². The lowest BCUT2D eigenvalue weighted by Crippen LogP contribution is -2.43. The standard InChI is InChI=1S/C23H27N3O4S2/c1-17-16-31-21-11-10-19(32(29,30)25-12-6-7-13-25)14-20(21)26(23(17)28)15-22(27)24(2)18-8-4-3-5-9-18/h3-5,8-11,14,17H,6-7,12-13,15-16H2,1-2H3/t17-/m0/s1. The molecule has 0 bridgehead atoms. The summed E-state index contributed by atoms with van der Waals surface area (Å²) in [6.07, 6.45) is 1.70. The smallest absolute Gasteiger partial charge is 0.246 e. The van der Waals surface area contributed by atoms with Gasteiger partial charge in [-0.25, -0.2) is 8.42 Å². The molecule has 2 aromatic rings. The van der Waals surface area contributed by atoms with Crippen molar-refractivity contribution in [2.24, 2.45) is 5.92 Å². The maximum Gasteiger partial charge on any atom is 0.246 e. The predicted molar refractivity (Wildman–Crippen MR) is 127 cm³/mol. The van der Waals surface area contributed by atoms with E-state index in [9.17, 15) is 18.0 Å². The maximum atomic E-state index is 13.2. The maximum absolute atomic E-state index is 13.2. The third-order valence-electron chi connectivity index (χ3n) is 5.91. The predicted octanol–water partition coefficient (Wildman–Crippen LogP) is 3.21. The number of fused-ring (bicyclic) bond motifs is 1. The molecule has 0 spiro atoms. The molecule has 9 heteroatoms. The van der Waals surface area contributed by atoms with E-state index in [1.807, 2.05) is 37.3 Å². The summed E-state index contributed by atoms with van der Waals surface area (Å²) >= 11 is 1.51. The molecule has 0 aliphatic carbocycles. The average Bonchev–Trinajstić information content (AvgIpc) is 3.33. The Balaban J connectivity index is 1.69. The summed E-state index contributed by atoms with van der Waals surface area (Å²) in [6.45, 7) is 2.69. The van der Waals surface area contributed by atoms with Gasteiger partial charge in [-0.3, -0.25) is 9.59 Å². The van der Waals surface area contributed by atoms with Crippen molar-refractivity contribution in [2.75, 3.05) is 42.2 Å². The summed E-state index contributed by atoms with van der Waals surface area (Å²) in [7, 11) is -1.96. The van der Waals surface area contributed by atoms with Crippen LogP contribution in [0.25, 0.3) is 0 Å². The highest BCUT2D eigenvalue weighted by Gasteiger charge is 2.33. The fourth-order valence-electron chi connectivity index (χ4n) is 3.94. The van der Waals surface area contributed by atoms with Crippen molar-refractivity contribution in [2.45, 2.75) is 29.6 Å². The van der Waals surface area contributed by atoms with Crippen molar-refractivity contribution in [3.8, 4) is 0 Å². The third kappa shape index (κ3) is 4.42. The van der Waals surface area contributed by atoms with Gasteiger partial charge in [-0.2, -0.15) is 4.31 Å². The lowest BCUT2D eigenvalue weighted by atomic mass is 10.1. The van der Waals surface area contributed by atoms with E-state index in [2.05, 4.69) is 0 Å². The zero-order chi connectivity index (χ0) is 22.9. The molecule has 2 aromatic carbocycles. The Morgan fingerprint density at radius 3 is 2.50 bits per heavy atom. The van der Waals surface area contributed by atoms with Crippen LogP contribution in [0.4, 0.5) is 11.4 Å². The van der Waals surface area contributed by atoms with Gasteiger partial charge in [0, 0.05) is 42.4 Å². The molecule has 2 aliphatic heterocycles. The van der Waals surface area contributed by atoms with Crippen LogP contribution in [0.3, 0.4) is 0 Å². The molecule has 1 saturated heterocycles. The quantitative estimate of drug-likeness (QED) is 0.666. The highest BCUT2D eigenvalue weighted by atomic mass is 32.2. The van der Waals surface area contributed by atoms with Crippen LogP contribution in [0.1, 0.15) is 19.8 Å². The highest BCUT2D eigenvalue weighted by Crippen LogP contribution is 2.38. The van der Waals surface area contributed by atoms with Crippen LogP contribution in [-0.2, 0) is 19.6 Å². The number of rotatable bonds is 5. The molecule has 4 rings (SSSR count). The monoisotopic (exact) mass is 473 g/mol. The van der Waals surface area contributed by atoms with E-state index in [4.69, 9.17) is 0 Å². The van der Waals surface area contributed by atoms with E-state index in [-0.39, 0.29) is 29.2 Å². The van der Waals surface area contributed by atoms with Crippen molar-refractivity contribution in [1.82, 2.24) is 4.31 Å². The Kier molecular flexibility index (Phi) is 6.60. The third-order valence-corrected chi connectivity index (χ3v) is 9.13. The largest absolute Gasteiger partial charge is 0.314 e. The van der Waals surface area contributed by atoms with Gasteiger partial charge in [-0.1, -0.05) is 25.1 Å². The van der Waals surface area contributed by atoms with Gasteiger partial charge in [-0.15, -0.1) is 11.8 Å². The average molecular weight is 474 g/mol. The lowest BCUT2D eigenvalue weighted by molar-refractivity contribution is -0.124. The minimum atomic E-state index is -3.64. The molecular formula is C23H27N3O4S2. The van der Waals surface area contributed by atoms with Crippen LogP contribution < -0.4 is 9.80 Å². The van der Waals surface area contributed by atoms with E-state index in [0.29, 0.717) is 24.5 Å². The molecule has 2 aliphatic rings. The number of hydrogen-bond donors (Lipinski definition) is 0. The van der Waals surface area contributed by atoms with Crippen LogP contribution in [0, 0.1) is 5.92 Å². The second-order valence-electron chi connectivity index (χ2n) is 8.17. The minimum Gasteiger partial charge on any atom is -0.314 e. The van der Waals surface area contributed by atoms with Crippen molar-refractivity contribution in [3.05, 3.63) is 48.5 Å². The van der Waals surface area contributed by atoms with Gasteiger partial charge in [0.15, 0.2) is 0 Å². The summed E-state index contributed by atoms with van der Waals surface area (Å²) in [5.74, 6) is -0.145. The number of carbonyl (C=O) groups is 2. The Labute approximate surface area is 193 Å². The summed E-state index contributed by atoms with van der Waals surface area (Å²) in [5.41, 5.74) is 1.22. The van der Waals surface area contributed by atoms with Crippen molar-refractivity contribution >= 4 is 45.0 Å². The molecule has 1 atom stereocenters. The van der Waals surface area contributed by atoms with Crippen molar-refractivity contribution < 1.29 is 18.0 Å². The number of likely N-dealkylation sites (N-methyl/N-ethyl adjacent to an activating group) is 1. The number of carbonyl (C=O) groups excluding carboxylic acids is 2. The molecule has 32 heavy (non-hydrogen) atoms. The number of para-hydroxylation sites is 1. The summed E-state index contributed by atoms with van der Waals surface area (Å²) in [4.78, 5) is 30.2. The lowest BCUT2D eigenvalue weighted by Gasteiger charge is -2.27. The normalized spacial score (nSPS) is 19.5. The molecular weight excluding hydrogens is 446 g/mol. The van der Waals surface area contributed by atoms with Gasteiger partial charge in [0.05, 0.1) is 10.6 Å². The number of thioether (sulfide) groups is 1. The molecule has 0 N–H and O–H groups in total. The molecule has 7 nitrogen and oxygen atoms in total. The van der Waals surface area contributed by atoms with Crippen molar-refractivity contribution in [1.29, 1.82) is 0 Å². The Bertz CT molecular complexity index is 1120. The number of nitrogens with zero attached hydrogens (tertiary/aromatic N) is 3. The molecule has 0 unspecified atom stereocenters. The molecule has 0 aromatic heterocycles. The Hall–Kier alpha value is -2.36. The first-order chi connectivity index (χ1) is 15.3. The van der Waals surface area contributed by atoms with Gasteiger partial charge in [-0.05, 0) is 43.2 Å². The fraction of sp³-hybridized carbons (Fsp3) is 0.391. The number of benzene rings is 2. The highest BCUT2D eigenvalue weighted by molar-refractivity contribution is 7.99. The molecule has 0 saturated carbocycles. The number of sulfonamides is 1. The summed E-state index contributed by atoms with van der Waals surface area (Å²) in [6, 6.07) is 14.1. The van der Waals surface area contributed by atoms with E-state index in [0.717, 1.165) is 23.4 Å². The molecule has 0 radical (unpaired) electrons. The van der Waals surface area contributed by atoms with E-state index in [1.54, 1.807) is 25.2 Å². The minimum absolute atomic E-state index is 0.157. The molecule has 1 fully saturated rings. The second-order valence-corrected chi connectivity index (χ2v) is 11.2. The summed E-state index contributed by atoms with van der Waals surface area (Å²) < 4.78 is 27.7. The van der Waals surface area contributed by atoms with Crippen LogP contribution in [0.15, 0.2) is 58.3 Å². The first kappa shape index (κ1) is 22.8. The Morgan fingerprint density at radius 2 is 1.81 bits per heavy atom. The molecule has 2 amide bonds. The van der Waals surface area contributed by atoms with Crippen molar-refractivity contribution in [3.63, 3.8) is 0 Å². The van der Waals surface area contributed by atoms with Gasteiger partial charge in [0.2, 0.25) is 21.8 Å². The van der Waals surface area contributed by atoms with E-state index < -0.39 is 10.0 Å². The van der Waals surface area contributed by atoms with Gasteiger partial charge >= 0.3 is 0 Å². The first-order valence-corrected chi connectivity index (χ1v) is 13.1. The zero-order valence-electron chi connectivity index (χ0n) is 18.2.